The summed E-state index contributed by atoms with van der Waals surface area (Å²) in [6, 6.07) is 0. The van der Waals surface area contributed by atoms with Crippen molar-refractivity contribution in [3.05, 3.63) is 12.2 Å². The van der Waals surface area contributed by atoms with Crippen LogP contribution in [0.3, 0.4) is 0 Å². The molecular weight excluding hydrogens is 240 g/mol. The molecule has 0 spiro atoms. The summed E-state index contributed by atoms with van der Waals surface area (Å²) in [6.45, 7) is 8.89. The molecular formula is C14H24N4O. The fraction of sp³-hybridized carbons (Fsp3) is 0.786. The van der Waals surface area contributed by atoms with Gasteiger partial charge in [0.15, 0.2) is 5.78 Å². The van der Waals surface area contributed by atoms with Gasteiger partial charge in [-0.2, -0.15) is 5.10 Å². The summed E-state index contributed by atoms with van der Waals surface area (Å²) in [5, 5.41) is 4.12. The largest absolute Gasteiger partial charge is 0.297 e. The van der Waals surface area contributed by atoms with Gasteiger partial charge in [-0.25, -0.2) is 9.67 Å². The molecule has 0 aliphatic carbocycles. The van der Waals surface area contributed by atoms with E-state index in [-0.39, 0.29) is 5.78 Å². The number of rotatable bonds is 5. The Hall–Kier alpha value is -1.23. The van der Waals surface area contributed by atoms with Crippen molar-refractivity contribution in [2.75, 3.05) is 13.1 Å². The predicted octanol–water partition coefficient (Wildman–Crippen LogP) is 1.67. The molecule has 5 nitrogen and oxygen atoms in total. The zero-order chi connectivity index (χ0) is 13.9. The van der Waals surface area contributed by atoms with Crippen LogP contribution >= 0.6 is 0 Å². The van der Waals surface area contributed by atoms with Gasteiger partial charge in [-0.3, -0.25) is 9.69 Å². The number of aromatic nitrogens is 3. The molecule has 0 atom stereocenters. The van der Waals surface area contributed by atoms with Gasteiger partial charge in [0.2, 0.25) is 0 Å². The van der Waals surface area contributed by atoms with E-state index in [1.54, 1.807) is 4.68 Å². The maximum Gasteiger partial charge on any atom is 0.160 e. The summed E-state index contributed by atoms with van der Waals surface area (Å²) in [6.07, 6.45) is 5.58. The molecule has 1 aromatic rings. The Balaban J connectivity index is 2.05. The highest BCUT2D eigenvalue weighted by atomic mass is 16.1. The second kappa shape index (κ2) is 5.82. The van der Waals surface area contributed by atoms with Crippen LogP contribution in [-0.2, 0) is 17.8 Å². The number of Topliss-reactive ketones (excluding diaryl/α,β-unsaturated/α-hetero) is 1. The SMILES string of the molecule is CCn1ncnc1CC(=O)C(C)(C)N1CCCCC1. The molecule has 0 amide bonds. The van der Waals surface area contributed by atoms with Crippen LogP contribution in [0, 0.1) is 0 Å². The zero-order valence-corrected chi connectivity index (χ0v) is 12.2. The molecule has 5 heteroatoms. The Bertz CT molecular complexity index is 432. The first-order valence-electron chi connectivity index (χ1n) is 7.20. The normalized spacial score (nSPS) is 17.6. The number of ketones is 1. The predicted molar refractivity (Wildman–Crippen MR) is 73.9 cm³/mol. The third-order valence-electron chi connectivity index (χ3n) is 4.14. The Kier molecular flexibility index (Phi) is 4.34. The van der Waals surface area contributed by atoms with Crippen molar-refractivity contribution in [1.82, 2.24) is 19.7 Å². The number of carbonyl (C=O) groups is 1. The summed E-state index contributed by atoms with van der Waals surface area (Å²) in [5.41, 5.74) is -0.398. The molecule has 0 aromatic carbocycles. The van der Waals surface area contributed by atoms with Gasteiger partial charge in [0.1, 0.15) is 12.2 Å². The zero-order valence-electron chi connectivity index (χ0n) is 12.2. The molecule has 0 radical (unpaired) electrons. The smallest absolute Gasteiger partial charge is 0.160 e. The lowest BCUT2D eigenvalue weighted by atomic mass is 9.91. The minimum atomic E-state index is -0.398. The standard InChI is InChI=1S/C14H24N4O/c1-4-18-13(15-11-16-18)10-12(19)14(2,3)17-8-6-5-7-9-17/h11H,4-10H2,1-3H3. The van der Waals surface area contributed by atoms with Crippen molar-refractivity contribution in [2.24, 2.45) is 0 Å². The van der Waals surface area contributed by atoms with E-state index in [1.165, 1.54) is 25.6 Å². The van der Waals surface area contributed by atoms with Crippen molar-refractivity contribution in [2.45, 2.75) is 58.5 Å². The summed E-state index contributed by atoms with van der Waals surface area (Å²) in [5.74, 6) is 1.01. The van der Waals surface area contributed by atoms with E-state index >= 15 is 0 Å². The van der Waals surface area contributed by atoms with Gasteiger partial charge in [0, 0.05) is 6.54 Å². The molecule has 1 saturated heterocycles. The maximum atomic E-state index is 12.6. The molecule has 1 aliphatic rings. The summed E-state index contributed by atoms with van der Waals surface area (Å²) >= 11 is 0. The van der Waals surface area contributed by atoms with Crippen LogP contribution in [-0.4, -0.2) is 44.1 Å². The number of carbonyl (C=O) groups excluding carboxylic acids is 1. The number of nitrogens with zero attached hydrogens (tertiary/aromatic N) is 4. The first-order chi connectivity index (χ1) is 9.05. The van der Waals surface area contributed by atoms with Crippen LogP contribution in [0.25, 0.3) is 0 Å². The number of aryl methyl sites for hydroxylation is 1. The molecule has 0 bridgehead atoms. The van der Waals surface area contributed by atoms with Crippen molar-refractivity contribution >= 4 is 5.78 Å². The van der Waals surface area contributed by atoms with Crippen LogP contribution in [0.5, 0.6) is 0 Å². The van der Waals surface area contributed by atoms with E-state index in [1.807, 2.05) is 20.8 Å². The first-order valence-corrected chi connectivity index (χ1v) is 7.20. The summed E-state index contributed by atoms with van der Waals surface area (Å²) in [4.78, 5) is 19.1. The van der Waals surface area contributed by atoms with Gasteiger partial charge >= 0.3 is 0 Å². The van der Waals surface area contributed by atoms with E-state index in [0.717, 1.165) is 25.5 Å². The molecule has 1 aliphatic heterocycles. The molecule has 0 saturated carbocycles. The highest BCUT2D eigenvalue weighted by Gasteiger charge is 2.35. The number of likely N-dealkylation sites (tertiary alicyclic amines) is 1. The molecule has 0 unspecified atom stereocenters. The summed E-state index contributed by atoms with van der Waals surface area (Å²) < 4.78 is 1.80. The van der Waals surface area contributed by atoms with Crippen molar-refractivity contribution in [3.63, 3.8) is 0 Å². The fourth-order valence-corrected chi connectivity index (χ4v) is 2.68. The van der Waals surface area contributed by atoms with Crippen molar-refractivity contribution in [1.29, 1.82) is 0 Å². The van der Waals surface area contributed by atoms with Crippen molar-refractivity contribution in [3.8, 4) is 0 Å². The minimum absolute atomic E-state index is 0.233. The van der Waals surface area contributed by atoms with E-state index in [2.05, 4.69) is 15.0 Å². The van der Waals surface area contributed by atoms with Crippen LogP contribution in [0.1, 0.15) is 45.9 Å². The average molecular weight is 264 g/mol. The molecule has 1 aromatic heterocycles. The molecule has 106 valence electrons. The molecule has 2 rings (SSSR count). The van der Waals surface area contributed by atoms with Gasteiger partial charge in [0.05, 0.1) is 12.0 Å². The van der Waals surface area contributed by atoms with Gasteiger partial charge < -0.3 is 0 Å². The molecule has 1 fully saturated rings. The third-order valence-corrected chi connectivity index (χ3v) is 4.14. The Morgan fingerprint density at radius 2 is 2.00 bits per heavy atom. The molecule has 19 heavy (non-hydrogen) atoms. The third kappa shape index (κ3) is 3.03. The summed E-state index contributed by atoms with van der Waals surface area (Å²) in [7, 11) is 0. The maximum absolute atomic E-state index is 12.6. The lowest BCUT2D eigenvalue weighted by molar-refractivity contribution is -0.129. The second-order valence-corrected chi connectivity index (χ2v) is 5.70. The van der Waals surface area contributed by atoms with Crippen molar-refractivity contribution < 1.29 is 4.79 Å². The lowest BCUT2D eigenvalue weighted by Crippen LogP contribution is -2.52. The number of piperidine rings is 1. The van der Waals surface area contributed by atoms with Crippen LogP contribution in [0.2, 0.25) is 0 Å². The van der Waals surface area contributed by atoms with Gasteiger partial charge in [-0.05, 0) is 46.7 Å². The van der Waals surface area contributed by atoms with Crippen LogP contribution < -0.4 is 0 Å². The van der Waals surface area contributed by atoms with E-state index < -0.39 is 5.54 Å². The minimum Gasteiger partial charge on any atom is -0.297 e. The topological polar surface area (TPSA) is 51.0 Å². The monoisotopic (exact) mass is 264 g/mol. The Morgan fingerprint density at radius 3 is 2.63 bits per heavy atom. The van der Waals surface area contributed by atoms with Crippen LogP contribution in [0.4, 0.5) is 0 Å². The highest BCUT2D eigenvalue weighted by Crippen LogP contribution is 2.22. The molecule has 2 heterocycles. The van der Waals surface area contributed by atoms with E-state index in [0.29, 0.717) is 6.42 Å². The average Bonchev–Trinajstić information content (AvgIpc) is 2.87. The number of hydrogen-bond donors (Lipinski definition) is 0. The fourth-order valence-electron chi connectivity index (χ4n) is 2.68. The van der Waals surface area contributed by atoms with Gasteiger partial charge in [0.25, 0.3) is 0 Å². The highest BCUT2D eigenvalue weighted by molar-refractivity contribution is 5.88. The Labute approximate surface area is 115 Å². The van der Waals surface area contributed by atoms with E-state index in [4.69, 9.17) is 0 Å². The molecule has 0 N–H and O–H groups in total. The quantitative estimate of drug-likeness (QED) is 0.812. The lowest BCUT2D eigenvalue weighted by Gasteiger charge is -2.39. The van der Waals surface area contributed by atoms with Gasteiger partial charge in [-0.15, -0.1) is 0 Å². The number of hydrogen-bond acceptors (Lipinski definition) is 4. The van der Waals surface area contributed by atoms with E-state index in [9.17, 15) is 4.79 Å². The first kappa shape index (κ1) is 14.2. The second-order valence-electron chi connectivity index (χ2n) is 5.70. The Morgan fingerprint density at radius 1 is 1.32 bits per heavy atom. The van der Waals surface area contributed by atoms with Gasteiger partial charge in [-0.1, -0.05) is 6.42 Å². The van der Waals surface area contributed by atoms with Crippen LogP contribution in [0.15, 0.2) is 6.33 Å².